The number of rotatable bonds is 6. The van der Waals surface area contributed by atoms with Crippen molar-refractivity contribution in [3.05, 3.63) is 0 Å². The van der Waals surface area contributed by atoms with Crippen molar-refractivity contribution in [3.63, 3.8) is 0 Å². The Bertz CT molecular complexity index is 566. The summed E-state index contributed by atoms with van der Waals surface area (Å²) in [5.74, 6) is 1.68. The minimum atomic E-state index is -0.366. The summed E-state index contributed by atoms with van der Waals surface area (Å²) in [4.78, 5) is 18.5. The molecule has 3 N–H and O–H groups in total. The van der Waals surface area contributed by atoms with Crippen LogP contribution >= 0.6 is 0 Å². The average molecular weight is 379 g/mol. The molecule has 5 nitrogen and oxygen atoms in total. The van der Waals surface area contributed by atoms with E-state index >= 15 is 0 Å². The highest BCUT2D eigenvalue weighted by molar-refractivity contribution is 5.88. The van der Waals surface area contributed by atoms with Crippen LogP contribution < -0.4 is 5.73 Å². The first kappa shape index (κ1) is 20.8. The fourth-order valence-corrected chi connectivity index (χ4v) is 6.56. The van der Waals surface area contributed by atoms with E-state index in [4.69, 9.17) is 10.6 Å². The Balaban J connectivity index is 1.77. The van der Waals surface area contributed by atoms with Crippen LogP contribution in [0.2, 0.25) is 0 Å². The third-order valence-corrected chi connectivity index (χ3v) is 8.06. The van der Waals surface area contributed by atoms with Crippen LogP contribution in [-0.4, -0.2) is 36.4 Å². The lowest BCUT2D eigenvalue weighted by Crippen LogP contribution is -2.56. The predicted molar refractivity (Wildman–Crippen MR) is 107 cm³/mol. The van der Waals surface area contributed by atoms with Gasteiger partial charge in [-0.1, -0.05) is 32.3 Å². The van der Waals surface area contributed by atoms with Crippen LogP contribution in [0, 0.1) is 34.5 Å². The van der Waals surface area contributed by atoms with Gasteiger partial charge in [0, 0.05) is 30.0 Å². The molecule has 0 spiro atoms. The van der Waals surface area contributed by atoms with Gasteiger partial charge in [0.2, 0.25) is 0 Å². The van der Waals surface area contributed by atoms with Gasteiger partial charge in [-0.2, -0.15) is 0 Å². The monoisotopic (exact) mass is 378 g/mol. The highest BCUT2D eigenvalue weighted by atomic mass is 16.6. The number of carbonyl (C=O) groups excluding carboxylic acids is 1. The topological polar surface area (TPSA) is 84.9 Å². The zero-order chi connectivity index (χ0) is 19.7. The molecule has 3 aliphatic rings. The van der Waals surface area contributed by atoms with Crippen molar-refractivity contribution >= 4 is 12.0 Å². The van der Waals surface area contributed by atoms with Crippen LogP contribution in [0.3, 0.4) is 0 Å². The molecular formula is C22H38N2O3. The number of aliphatic hydroxyl groups excluding tert-OH is 1. The lowest BCUT2D eigenvalue weighted by atomic mass is 9.45. The van der Waals surface area contributed by atoms with Crippen molar-refractivity contribution < 1.29 is 14.7 Å². The zero-order valence-electron chi connectivity index (χ0n) is 17.3. The van der Waals surface area contributed by atoms with E-state index in [1.54, 1.807) is 6.21 Å². The Morgan fingerprint density at radius 2 is 2.11 bits per heavy atom. The quantitative estimate of drug-likeness (QED) is 0.421. The smallest absolute Gasteiger partial charge is 0.142 e. The first-order valence-electron chi connectivity index (χ1n) is 10.9. The van der Waals surface area contributed by atoms with Crippen molar-refractivity contribution in [2.45, 2.75) is 78.2 Å². The van der Waals surface area contributed by atoms with Crippen molar-refractivity contribution in [2.75, 3.05) is 13.2 Å². The third-order valence-electron chi connectivity index (χ3n) is 8.06. The Morgan fingerprint density at radius 3 is 2.81 bits per heavy atom. The van der Waals surface area contributed by atoms with E-state index in [1.807, 2.05) is 0 Å². The van der Waals surface area contributed by atoms with Crippen LogP contribution in [0.4, 0.5) is 0 Å². The van der Waals surface area contributed by atoms with E-state index in [9.17, 15) is 9.90 Å². The molecule has 0 amide bonds. The van der Waals surface area contributed by atoms with Gasteiger partial charge in [-0.15, -0.1) is 0 Å². The van der Waals surface area contributed by atoms with Crippen LogP contribution in [0.1, 0.15) is 72.1 Å². The summed E-state index contributed by atoms with van der Waals surface area (Å²) >= 11 is 0. The number of ketones is 1. The Hall–Kier alpha value is -0.940. The molecule has 0 aromatic rings. The molecule has 0 saturated heterocycles. The summed E-state index contributed by atoms with van der Waals surface area (Å²) < 4.78 is 0. The molecule has 5 heteroatoms. The summed E-state index contributed by atoms with van der Waals surface area (Å²) in [6.07, 6.45) is 9.44. The zero-order valence-corrected chi connectivity index (χ0v) is 17.3. The van der Waals surface area contributed by atoms with Crippen molar-refractivity contribution in [2.24, 2.45) is 45.4 Å². The number of fused-ring (bicyclic) bond motifs is 3. The molecule has 3 aliphatic carbocycles. The molecule has 0 aliphatic heterocycles. The van der Waals surface area contributed by atoms with Gasteiger partial charge in [0.25, 0.3) is 0 Å². The van der Waals surface area contributed by atoms with Crippen LogP contribution in [0.25, 0.3) is 0 Å². The number of hydrogen-bond acceptors (Lipinski definition) is 5. The molecule has 154 valence electrons. The van der Waals surface area contributed by atoms with E-state index in [1.165, 1.54) is 0 Å². The standard InChI is InChI=1S/C22H38N2O3/c1-4-8-21(2)9-7-18-17(20(21)26)6-5-16-12-19(25)15(13-22(16,18)3)14-24-27-11-10-23/h14-19,25H,4-13,23H2,1-3H3/b24-14-/t15?,16-,17-,18+,19-,21+,22+/m1/s1. The van der Waals surface area contributed by atoms with Gasteiger partial charge in [-0.3, -0.25) is 4.79 Å². The van der Waals surface area contributed by atoms with Gasteiger partial charge in [0.15, 0.2) is 0 Å². The molecule has 0 aromatic heterocycles. The second-order valence-corrected chi connectivity index (χ2v) is 9.75. The Kier molecular flexibility index (Phi) is 6.31. The SMILES string of the molecule is CCC[C@@]1(C)CC[C@H]2[C@@H](CC[C@@H]3C[C@@H](O)C(/C=N\OCCN)C[C@@]32C)C1=O. The molecule has 3 rings (SSSR count). The number of nitrogens with zero attached hydrogens (tertiary/aromatic N) is 1. The fourth-order valence-electron chi connectivity index (χ4n) is 6.56. The number of nitrogens with two attached hydrogens (primary N) is 1. The summed E-state index contributed by atoms with van der Waals surface area (Å²) in [5.41, 5.74) is 5.42. The first-order chi connectivity index (χ1) is 12.9. The number of carbonyl (C=O) groups is 1. The van der Waals surface area contributed by atoms with Gasteiger partial charge in [-0.25, -0.2) is 0 Å². The van der Waals surface area contributed by atoms with Crippen LogP contribution in [0.15, 0.2) is 5.16 Å². The van der Waals surface area contributed by atoms with E-state index < -0.39 is 0 Å². The molecule has 1 unspecified atom stereocenters. The molecular weight excluding hydrogens is 340 g/mol. The molecule has 0 radical (unpaired) electrons. The average Bonchev–Trinajstić information content (AvgIpc) is 2.63. The molecule has 0 aromatic carbocycles. The highest BCUT2D eigenvalue weighted by Crippen LogP contribution is 2.61. The van der Waals surface area contributed by atoms with Gasteiger partial charge in [0.05, 0.1) is 6.10 Å². The predicted octanol–water partition coefficient (Wildman–Crippen LogP) is 3.54. The van der Waals surface area contributed by atoms with E-state index in [-0.39, 0.29) is 28.8 Å². The fraction of sp³-hybridized carbons (Fsp3) is 0.909. The van der Waals surface area contributed by atoms with Gasteiger partial charge in [0.1, 0.15) is 12.4 Å². The second-order valence-electron chi connectivity index (χ2n) is 9.75. The number of Topliss-reactive ketones (excluding diaryl/α,β-unsaturated/α-hetero) is 1. The Morgan fingerprint density at radius 1 is 1.33 bits per heavy atom. The van der Waals surface area contributed by atoms with E-state index in [0.29, 0.717) is 30.8 Å². The molecule has 0 bridgehead atoms. The van der Waals surface area contributed by atoms with Gasteiger partial charge in [-0.05, 0) is 62.2 Å². The largest absolute Gasteiger partial charge is 0.395 e. The normalized spacial score (nSPS) is 44.8. The highest BCUT2D eigenvalue weighted by Gasteiger charge is 2.57. The maximum atomic E-state index is 13.4. The van der Waals surface area contributed by atoms with Gasteiger partial charge >= 0.3 is 0 Å². The van der Waals surface area contributed by atoms with E-state index in [0.717, 1.165) is 51.4 Å². The van der Waals surface area contributed by atoms with Crippen molar-refractivity contribution in [1.82, 2.24) is 0 Å². The van der Waals surface area contributed by atoms with E-state index in [2.05, 4.69) is 25.9 Å². The van der Waals surface area contributed by atoms with Crippen LogP contribution in [-0.2, 0) is 9.63 Å². The van der Waals surface area contributed by atoms with Crippen molar-refractivity contribution in [3.8, 4) is 0 Å². The van der Waals surface area contributed by atoms with Crippen LogP contribution in [0.5, 0.6) is 0 Å². The first-order valence-corrected chi connectivity index (χ1v) is 10.9. The van der Waals surface area contributed by atoms with Gasteiger partial charge < -0.3 is 15.7 Å². The molecule has 27 heavy (non-hydrogen) atoms. The molecule has 3 saturated carbocycles. The maximum Gasteiger partial charge on any atom is 0.142 e. The Labute approximate surface area is 164 Å². The lowest BCUT2D eigenvalue weighted by Gasteiger charge is -2.58. The summed E-state index contributed by atoms with van der Waals surface area (Å²) in [6, 6.07) is 0. The minimum absolute atomic E-state index is 0.00169. The minimum Gasteiger partial charge on any atom is -0.395 e. The lowest BCUT2D eigenvalue weighted by molar-refractivity contribution is -0.155. The summed E-state index contributed by atoms with van der Waals surface area (Å²) in [5, 5.41) is 14.7. The summed E-state index contributed by atoms with van der Waals surface area (Å²) in [7, 11) is 0. The second kappa shape index (κ2) is 8.20. The number of hydrogen-bond donors (Lipinski definition) is 2. The molecule has 7 atom stereocenters. The number of oxime groups is 1. The third kappa shape index (κ3) is 3.82. The molecule has 3 fully saturated rings. The summed E-state index contributed by atoms with van der Waals surface area (Å²) in [6.45, 7) is 7.58. The molecule has 0 heterocycles. The number of aliphatic hydroxyl groups is 1. The maximum absolute atomic E-state index is 13.4. The van der Waals surface area contributed by atoms with Crippen molar-refractivity contribution in [1.29, 1.82) is 0 Å².